The SMILES string of the molecule is CC1C(c2ccc(Cl)cc2)SC(=O)N1C(=O)NC1CCCCC1.Nc1ccc(S(N)(=O)=O)cc1. The van der Waals surface area contributed by atoms with E-state index in [-0.39, 0.29) is 33.5 Å². The molecule has 184 valence electrons. The Morgan fingerprint density at radius 1 is 1.06 bits per heavy atom. The van der Waals surface area contributed by atoms with Crippen LogP contribution in [0.3, 0.4) is 0 Å². The van der Waals surface area contributed by atoms with Gasteiger partial charge >= 0.3 is 6.03 Å². The number of anilines is 1. The normalized spacial score (nSPS) is 21.0. The summed E-state index contributed by atoms with van der Waals surface area (Å²) in [7, 11) is -3.58. The minimum absolute atomic E-state index is 0.0446. The summed E-state index contributed by atoms with van der Waals surface area (Å²) in [6.07, 6.45) is 5.55. The number of nitrogen functional groups attached to an aromatic ring is 1. The summed E-state index contributed by atoms with van der Waals surface area (Å²) in [6.45, 7) is 1.93. The summed E-state index contributed by atoms with van der Waals surface area (Å²) in [5, 5.41) is 8.32. The molecule has 8 nitrogen and oxygen atoms in total. The summed E-state index contributed by atoms with van der Waals surface area (Å²) in [6, 6.07) is 13.0. The van der Waals surface area contributed by atoms with Crippen LogP contribution in [0.2, 0.25) is 5.02 Å². The first kappa shape index (κ1) is 26.3. The zero-order valence-electron chi connectivity index (χ0n) is 18.8. The van der Waals surface area contributed by atoms with Crippen molar-refractivity contribution < 1.29 is 18.0 Å². The van der Waals surface area contributed by atoms with Crippen molar-refractivity contribution in [3.05, 3.63) is 59.1 Å². The number of hydrogen-bond acceptors (Lipinski definition) is 6. The zero-order valence-corrected chi connectivity index (χ0v) is 21.2. The highest BCUT2D eigenvalue weighted by Gasteiger charge is 2.42. The Balaban J connectivity index is 0.000000248. The van der Waals surface area contributed by atoms with Gasteiger partial charge in [0, 0.05) is 16.8 Å². The molecule has 34 heavy (non-hydrogen) atoms. The Labute approximate surface area is 209 Å². The molecular formula is C23H29ClN4O4S2. The lowest BCUT2D eigenvalue weighted by atomic mass is 9.96. The number of nitrogens with one attached hydrogen (secondary N) is 1. The number of hydrogen-bond donors (Lipinski definition) is 3. The second kappa shape index (κ2) is 11.4. The van der Waals surface area contributed by atoms with E-state index in [9.17, 15) is 18.0 Å². The minimum Gasteiger partial charge on any atom is -0.399 e. The number of imide groups is 1. The molecule has 3 amide bonds. The van der Waals surface area contributed by atoms with E-state index in [0.29, 0.717) is 10.7 Å². The van der Waals surface area contributed by atoms with Crippen molar-refractivity contribution in [1.29, 1.82) is 0 Å². The number of primary sulfonamides is 1. The lowest BCUT2D eigenvalue weighted by molar-refractivity contribution is 0.184. The van der Waals surface area contributed by atoms with Gasteiger partial charge in [-0.1, -0.05) is 54.8 Å². The Morgan fingerprint density at radius 2 is 1.65 bits per heavy atom. The molecule has 2 aromatic rings. The molecule has 5 N–H and O–H groups in total. The Hall–Kier alpha value is -2.27. The Kier molecular flexibility index (Phi) is 8.86. The third-order valence-corrected chi connectivity index (χ3v) is 8.33. The smallest absolute Gasteiger partial charge is 0.325 e. The molecule has 4 rings (SSSR count). The van der Waals surface area contributed by atoms with Gasteiger partial charge in [0.2, 0.25) is 10.0 Å². The number of carbonyl (C=O) groups excluding carboxylic acids is 2. The van der Waals surface area contributed by atoms with Crippen molar-refractivity contribution in [2.24, 2.45) is 5.14 Å². The van der Waals surface area contributed by atoms with Crippen LogP contribution in [-0.2, 0) is 10.0 Å². The third-order valence-electron chi connectivity index (χ3n) is 5.83. The van der Waals surface area contributed by atoms with Gasteiger partial charge in [-0.2, -0.15) is 0 Å². The van der Waals surface area contributed by atoms with E-state index in [1.807, 2.05) is 31.2 Å². The molecule has 11 heteroatoms. The largest absolute Gasteiger partial charge is 0.399 e. The first-order chi connectivity index (χ1) is 16.1. The molecule has 0 aromatic heterocycles. The lowest BCUT2D eigenvalue weighted by Gasteiger charge is -2.27. The van der Waals surface area contributed by atoms with E-state index < -0.39 is 10.0 Å². The van der Waals surface area contributed by atoms with Crippen molar-refractivity contribution in [2.75, 3.05) is 5.73 Å². The average Bonchev–Trinajstić information content (AvgIpc) is 3.09. The highest BCUT2D eigenvalue weighted by atomic mass is 35.5. The third kappa shape index (κ3) is 6.88. The van der Waals surface area contributed by atoms with Crippen LogP contribution in [0.5, 0.6) is 0 Å². The molecule has 1 saturated heterocycles. The Bertz CT molecular complexity index is 1100. The van der Waals surface area contributed by atoms with Gasteiger partial charge in [-0.05, 0) is 61.7 Å². The van der Waals surface area contributed by atoms with Crippen molar-refractivity contribution in [2.45, 2.75) is 61.3 Å². The van der Waals surface area contributed by atoms with E-state index >= 15 is 0 Å². The fourth-order valence-corrected chi connectivity index (χ4v) is 5.81. The van der Waals surface area contributed by atoms with Crippen LogP contribution >= 0.6 is 23.4 Å². The second-order valence-electron chi connectivity index (χ2n) is 8.36. The van der Waals surface area contributed by atoms with Crippen molar-refractivity contribution in [3.63, 3.8) is 0 Å². The summed E-state index contributed by atoms with van der Waals surface area (Å²) < 4.78 is 21.4. The number of amides is 3. The molecule has 2 atom stereocenters. The minimum atomic E-state index is -3.58. The standard InChI is InChI=1S/C17H21ClN2O2S.C6H8N2O2S/c1-11-15(12-7-9-13(18)10-8-12)23-17(22)20(11)16(21)19-14-5-3-2-4-6-14;7-5-1-3-6(4-2-5)11(8,9)10/h7-11,14-15H,2-6H2,1H3,(H,19,21);1-4H,7H2,(H2,8,9,10). The molecular weight excluding hydrogens is 496 g/mol. The van der Waals surface area contributed by atoms with Gasteiger partial charge in [-0.25, -0.2) is 18.4 Å². The number of nitrogens with two attached hydrogens (primary N) is 2. The molecule has 2 aliphatic rings. The molecule has 2 unspecified atom stereocenters. The molecule has 1 aliphatic heterocycles. The molecule has 0 spiro atoms. The highest BCUT2D eigenvalue weighted by molar-refractivity contribution is 8.14. The van der Waals surface area contributed by atoms with Crippen LogP contribution < -0.4 is 16.2 Å². The molecule has 2 aromatic carbocycles. The quantitative estimate of drug-likeness (QED) is 0.489. The topological polar surface area (TPSA) is 136 Å². The van der Waals surface area contributed by atoms with Gasteiger partial charge in [0.05, 0.1) is 16.2 Å². The number of carbonyl (C=O) groups is 2. The summed E-state index contributed by atoms with van der Waals surface area (Å²) >= 11 is 7.14. The zero-order chi connectivity index (χ0) is 24.9. The first-order valence-corrected chi connectivity index (χ1v) is 13.8. The molecule has 2 fully saturated rings. The summed E-state index contributed by atoms with van der Waals surface area (Å²) in [4.78, 5) is 26.3. The van der Waals surface area contributed by atoms with Gasteiger partial charge in [0.1, 0.15) is 0 Å². The molecule has 1 aliphatic carbocycles. The van der Waals surface area contributed by atoms with Crippen LogP contribution in [0, 0.1) is 0 Å². The van der Waals surface area contributed by atoms with E-state index in [2.05, 4.69) is 5.32 Å². The van der Waals surface area contributed by atoms with Crippen molar-refractivity contribution in [3.8, 4) is 0 Å². The molecule has 0 bridgehead atoms. The van der Waals surface area contributed by atoms with Crippen LogP contribution in [0.4, 0.5) is 15.3 Å². The number of thioether (sulfide) groups is 1. The van der Waals surface area contributed by atoms with E-state index in [1.165, 1.54) is 47.3 Å². The van der Waals surface area contributed by atoms with Crippen LogP contribution in [0.15, 0.2) is 53.4 Å². The number of halogens is 1. The monoisotopic (exact) mass is 524 g/mol. The predicted molar refractivity (Wildman–Crippen MR) is 136 cm³/mol. The lowest BCUT2D eigenvalue weighted by Crippen LogP contribution is -2.48. The number of nitrogens with zero attached hydrogens (tertiary/aromatic N) is 1. The number of benzene rings is 2. The van der Waals surface area contributed by atoms with Crippen LogP contribution in [0.1, 0.15) is 49.8 Å². The summed E-state index contributed by atoms with van der Waals surface area (Å²) in [5.41, 5.74) is 6.87. The Morgan fingerprint density at radius 3 is 2.21 bits per heavy atom. The predicted octanol–water partition coefficient (Wildman–Crippen LogP) is 4.90. The maximum absolute atomic E-state index is 12.5. The number of rotatable bonds is 3. The van der Waals surface area contributed by atoms with E-state index in [0.717, 1.165) is 31.2 Å². The van der Waals surface area contributed by atoms with Crippen molar-refractivity contribution in [1.82, 2.24) is 10.2 Å². The van der Waals surface area contributed by atoms with Gasteiger partial charge in [-0.3, -0.25) is 9.69 Å². The van der Waals surface area contributed by atoms with E-state index in [4.69, 9.17) is 22.5 Å². The highest BCUT2D eigenvalue weighted by Crippen LogP contribution is 2.43. The maximum Gasteiger partial charge on any atom is 0.325 e. The second-order valence-corrected chi connectivity index (χ2v) is 11.5. The van der Waals surface area contributed by atoms with E-state index in [1.54, 1.807) is 0 Å². The fraction of sp³-hybridized carbons (Fsp3) is 0.391. The first-order valence-electron chi connectivity index (χ1n) is 11.0. The maximum atomic E-state index is 12.5. The number of urea groups is 1. The fourth-order valence-electron chi connectivity index (χ4n) is 3.98. The van der Waals surface area contributed by atoms with Gasteiger partial charge in [0.25, 0.3) is 5.24 Å². The van der Waals surface area contributed by atoms with Gasteiger partial charge in [-0.15, -0.1) is 0 Å². The number of sulfonamides is 1. The van der Waals surface area contributed by atoms with Crippen LogP contribution in [-0.4, -0.2) is 36.7 Å². The molecule has 0 radical (unpaired) electrons. The van der Waals surface area contributed by atoms with Crippen LogP contribution in [0.25, 0.3) is 0 Å². The summed E-state index contributed by atoms with van der Waals surface area (Å²) in [5.74, 6) is 0. The van der Waals surface area contributed by atoms with Gasteiger partial charge in [0.15, 0.2) is 0 Å². The average molecular weight is 525 g/mol. The van der Waals surface area contributed by atoms with Crippen molar-refractivity contribution >= 4 is 50.3 Å². The molecule has 1 saturated carbocycles. The van der Waals surface area contributed by atoms with Gasteiger partial charge < -0.3 is 11.1 Å². The molecule has 1 heterocycles.